The van der Waals surface area contributed by atoms with Gasteiger partial charge in [-0.3, -0.25) is 14.2 Å². The van der Waals surface area contributed by atoms with Gasteiger partial charge in [-0.15, -0.1) is 11.3 Å². The van der Waals surface area contributed by atoms with Crippen LogP contribution in [0.3, 0.4) is 0 Å². The van der Waals surface area contributed by atoms with E-state index in [2.05, 4.69) is 34.0 Å². The highest BCUT2D eigenvalue weighted by atomic mass is 32.1. The quantitative estimate of drug-likeness (QED) is 0.614. The zero-order valence-electron chi connectivity index (χ0n) is 18.4. The van der Waals surface area contributed by atoms with Crippen LogP contribution in [0.15, 0.2) is 29.5 Å². The van der Waals surface area contributed by atoms with Crippen molar-refractivity contribution in [2.75, 3.05) is 23.3 Å². The largest absolute Gasteiger partial charge is 0.357 e. The average molecular weight is 440 g/mol. The Bertz CT molecular complexity index is 1130. The second-order valence-corrected chi connectivity index (χ2v) is 9.36. The van der Waals surface area contributed by atoms with Gasteiger partial charge < -0.3 is 10.2 Å². The molecule has 4 heterocycles. The van der Waals surface area contributed by atoms with Crippen LogP contribution in [0.25, 0.3) is 10.2 Å². The van der Waals surface area contributed by atoms with E-state index in [0.29, 0.717) is 32.9 Å². The van der Waals surface area contributed by atoms with E-state index < -0.39 is 0 Å². The molecule has 3 aromatic heterocycles. The molecule has 0 unspecified atom stereocenters. The molecule has 1 aliphatic heterocycles. The highest BCUT2D eigenvalue weighted by molar-refractivity contribution is 7.20. The molecule has 1 amide bonds. The number of nitrogens with one attached hydrogen (secondary N) is 1. The number of rotatable bonds is 6. The summed E-state index contributed by atoms with van der Waals surface area (Å²) in [6, 6.07) is 3.84. The van der Waals surface area contributed by atoms with Crippen LogP contribution in [0.1, 0.15) is 54.8 Å². The molecule has 7 nitrogen and oxygen atoms in total. The number of unbranched alkanes of at least 4 members (excludes halogenated alkanes) is 1. The number of carbonyl (C=O) groups is 1. The van der Waals surface area contributed by atoms with Crippen molar-refractivity contribution in [2.24, 2.45) is 5.92 Å². The Morgan fingerprint density at radius 2 is 2.03 bits per heavy atom. The van der Waals surface area contributed by atoms with E-state index >= 15 is 0 Å². The van der Waals surface area contributed by atoms with Gasteiger partial charge >= 0.3 is 0 Å². The number of anilines is 2. The summed E-state index contributed by atoms with van der Waals surface area (Å²) in [5.41, 5.74) is 1.25. The van der Waals surface area contributed by atoms with Gasteiger partial charge in [-0.2, -0.15) is 0 Å². The standard InChI is InChI=1S/C23H29N5O2S/c1-4-5-10-28-14-25-22-19(23(28)30)16(3)20(31-22)21(29)26-17-6-7-18(24-13-17)27-11-8-15(2)9-12-27/h6-7,13-15H,4-5,8-12H2,1-3H3,(H,26,29). The summed E-state index contributed by atoms with van der Waals surface area (Å²) in [7, 11) is 0. The second kappa shape index (κ2) is 9.18. The SMILES string of the molecule is CCCCn1cnc2sc(C(=O)Nc3ccc(N4CCC(C)CC4)nc3)c(C)c2c1=O. The minimum Gasteiger partial charge on any atom is -0.357 e. The third kappa shape index (κ3) is 4.49. The molecular formula is C23H29N5O2S. The van der Waals surface area contributed by atoms with Gasteiger partial charge in [0.15, 0.2) is 0 Å². The van der Waals surface area contributed by atoms with E-state index in [0.717, 1.165) is 37.7 Å². The second-order valence-electron chi connectivity index (χ2n) is 8.36. The number of aryl methyl sites for hydroxylation is 2. The number of nitrogens with zero attached hydrogens (tertiary/aromatic N) is 4. The Kier molecular flexibility index (Phi) is 6.36. The number of pyridine rings is 1. The van der Waals surface area contributed by atoms with Crippen LogP contribution in [0.5, 0.6) is 0 Å². The van der Waals surface area contributed by atoms with Gasteiger partial charge in [0.1, 0.15) is 10.6 Å². The molecular weight excluding hydrogens is 410 g/mol. The minimum atomic E-state index is -0.235. The monoisotopic (exact) mass is 439 g/mol. The van der Waals surface area contributed by atoms with Gasteiger partial charge in [0, 0.05) is 19.6 Å². The Balaban J connectivity index is 1.51. The van der Waals surface area contributed by atoms with Crippen molar-refractivity contribution in [3.8, 4) is 0 Å². The topological polar surface area (TPSA) is 80.1 Å². The van der Waals surface area contributed by atoms with Gasteiger partial charge in [-0.25, -0.2) is 9.97 Å². The van der Waals surface area contributed by atoms with Gasteiger partial charge in [-0.05, 0) is 49.8 Å². The van der Waals surface area contributed by atoms with Crippen molar-refractivity contribution in [1.29, 1.82) is 0 Å². The fourth-order valence-corrected chi connectivity index (χ4v) is 4.97. The van der Waals surface area contributed by atoms with E-state index in [1.807, 2.05) is 19.1 Å². The van der Waals surface area contributed by atoms with Crippen molar-refractivity contribution in [3.63, 3.8) is 0 Å². The number of fused-ring (bicyclic) bond motifs is 1. The number of thiophene rings is 1. The number of carbonyl (C=O) groups excluding carboxylic acids is 1. The van der Waals surface area contributed by atoms with E-state index in [1.54, 1.807) is 17.1 Å². The van der Waals surface area contributed by atoms with Gasteiger partial charge in [0.2, 0.25) is 0 Å². The predicted molar refractivity (Wildman–Crippen MR) is 126 cm³/mol. The van der Waals surface area contributed by atoms with Gasteiger partial charge in [0.25, 0.3) is 11.5 Å². The lowest BCUT2D eigenvalue weighted by Crippen LogP contribution is -2.33. The Labute approximate surface area is 186 Å². The maximum Gasteiger partial charge on any atom is 0.266 e. The summed E-state index contributed by atoms with van der Waals surface area (Å²) in [6.45, 7) is 8.87. The first-order valence-corrected chi connectivity index (χ1v) is 11.8. The smallest absolute Gasteiger partial charge is 0.266 e. The van der Waals surface area contributed by atoms with Crippen LogP contribution in [0, 0.1) is 12.8 Å². The fraction of sp³-hybridized carbons (Fsp3) is 0.478. The molecule has 1 aliphatic rings. The Hall–Kier alpha value is -2.74. The van der Waals surface area contributed by atoms with Crippen molar-refractivity contribution in [3.05, 3.63) is 45.5 Å². The van der Waals surface area contributed by atoms with Crippen LogP contribution in [0.2, 0.25) is 0 Å². The number of hydrogen-bond donors (Lipinski definition) is 1. The van der Waals surface area contributed by atoms with Gasteiger partial charge in [-0.1, -0.05) is 20.3 Å². The third-order valence-corrected chi connectivity index (χ3v) is 7.19. The maximum atomic E-state index is 12.9. The molecule has 8 heteroatoms. The highest BCUT2D eigenvalue weighted by Crippen LogP contribution is 2.28. The number of aromatic nitrogens is 3. The van der Waals surface area contributed by atoms with E-state index in [-0.39, 0.29) is 11.5 Å². The van der Waals surface area contributed by atoms with Gasteiger partial charge in [0.05, 0.1) is 28.5 Å². The number of piperidine rings is 1. The van der Waals surface area contributed by atoms with Crippen LogP contribution in [-0.4, -0.2) is 33.5 Å². The number of hydrogen-bond acceptors (Lipinski definition) is 6. The van der Waals surface area contributed by atoms with Crippen LogP contribution in [0.4, 0.5) is 11.5 Å². The third-order valence-electron chi connectivity index (χ3n) is 5.99. The molecule has 0 atom stereocenters. The molecule has 31 heavy (non-hydrogen) atoms. The molecule has 164 valence electrons. The summed E-state index contributed by atoms with van der Waals surface area (Å²) in [5, 5.41) is 3.46. The maximum absolute atomic E-state index is 12.9. The molecule has 0 spiro atoms. The molecule has 0 aromatic carbocycles. The molecule has 1 fully saturated rings. The summed E-state index contributed by atoms with van der Waals surface area (Å²) in [5.74, 6) is 1.48. The first kappa shape index (κ1) is 21.5. The van der Waals surface area contributed by atoms with E-state index in [9.17, 15) is 9.59 Å². The normalized spacial score (nSPS) is 14.9. The molecule has 1 saturated heterocycles. The zero-order valence-corrected chi connectivity index (χ0v) is 19.2. The fourth-order valence-electron chi connectivity index (χ4n) is 3.94. The lowest BCUT2D eigenvalue weighted by Gasteiger charge is -2.31. The Morgan fingerprint density at radius 1 is 1.26 bits per heavy atom. The molecule has 1 N–H and O–H groups in total. The average Bonchev–Trinajstić information content (AvgIpc) is 3.12. The zero-order chi connectivity index (χ0) is 22.0. The predicted octanol–water partition coefficient (Wildman–Crippen LogP) is 4.45. The van der Waals surface area contributed by atoms with Crippen LogP contribution in [-0.2, 0) is 6.54 Å². The van der Waals surface area contributed by atoms with Crippen molar-refractivity contribution in [1.82, 2.24) is 14.5 Å². The first-order chi connectivity index (χ1) is 15.0. The Morgan fingerprint density at radius 3 is 2.71 bits per heavy atom. The molecule has 0 aliphatic carbocycles. The molecule has 0 saturated carbocycles. The van der Waals surface area contributed by atoms with E-state index in [1.165, 1.54) is 24.2 Å². The first-order valence-electron chi connectivity index (χ1n) is 11.0. The van der Waals surface area contributed by atoms with Crippen LogP contribution < -0.4 is 15.8 Å². The number of amides is 1. The molecule has 3 aromatic rings. The lowest BCUT2D eigenvalue weighted by atomic mass is 9.99. The summed E-state index contributed by atoms with van der Waals surface area (Å²) in [4.78, 5) is 38.1. The summed E-state index contributed by atoms with van der Waals surface area (Å²) < 4.78 is 1.64. The highest BCUT2D eigenvalue weighted by Gasteiger charge is 2.20. The summed E-state index contributed by atoms with van der Waals surface area (Å²) >= 11 is 1.26. The van der Waals surface area contributed by atoms with E-state index in [4.69, 9.17) is 0 Å². The molecule has 0 bridgehead atoms. The molecule has 4 rings (SSSR count). The summed E-state index contributed by atoms with van der Waals surface area (Å²) in [6.07, 6.45) is 7.57. The minimum absolute atomic E-state index is 0.0758. The van der Waals surface area contributed by atoms with Crippen molar-refractivity contribution >= 4 is 39.0 Å². The van der Waals surface area contributed by atoms with Crippen molar-refractivity contribution < 1.29 is 4.79 Å². The van der Waals surface area contributed by atoms with Crippen LogP contribution >= 0.6 is 11.3 Å². The van der Waals surface area contributed by atoms with Crippen molar-refractivity contribution in [2.45, 2.75) is 53.0 Å². The molecule has 0 radical (unpaired) electrons. The lowest BCUT2D eigenvalue weighted by molar-refractivity contribution is 0.103.